The lowest BCUT2D eigenvalue weighted by Crippen LogP contribution is -2.38. The lowest BCUT2D eigenvalue weighted by atomic mass is 9.96. The van der Waals surface area contributed by atoms with Crippen LogP contribution in [0.1, 0.15) is 34.4 Å². The number of aliphatic hydroxyl groups is 1. The molecule has 1 aromatic carbocycles. The van der Waals surface area contributed by atoms with Gasteiger partial charge in [-0.2, -0.15) is 0 Å². The molecule has 1 heterocycles. The molecule has 0 saturated heterocycles. The van der Waals surface area contributed by atoms with E-state index in [-0.39, 0.29) is 23.6 Å². The smallest absolute Gasteiger partial charge is 0.255 e. The van der Waals surface area contributed by atoms with Crippen molar-refractivity contribution in [3.63, 3.8) is 0 Å². The molecule has 2 rings (SSSR count). The van der Waals surface area contributed by atoms with E-state index in [0.29, 0.717) is 17.1 Å². The molecule has 1 unspecified atom stereocenters. The van der Waals surface area contributed by atoms with E-state index < -0.39 is 11.5 Å². The third kappa shape index (κ3) is 3.48. The first-order valence-corrected chi connectivity index (χ1v) is 7.20. The first kappa shape index (κ1) is 16.9. The molecular formula is C17H21NO5. The van der Waals surface area contributed by atoms with Gasteiger partial charge in [0.15, 0.2) is 11.5 Å². The number of nitrogens with one attached hydrogen (secondary N) is 1. The van der Waals surface area contributed by atoms with E-state index in [1.54, 1.807) is 39.0 Å². The van der Waals surface area contributed by atoms with Gasteiger partial charge in [-0.05, 0) is 39.0 Å². The second kappa shape index (κ2) is 6.34. The second-order valence-electron chi connectivity index (χ2n) is 5.64. The number of rotatable bonds is 5. The molecule has 0 aliphatic carbocycles. The largest absolute Gasteiger partial charge is 0.504 e. The summed E-state index contributed by atoms with van der Waals surface area (Å²) in [6.45, 7) is 5.12. The van der Waals surface area contributed by atoms with E-state index in [1.807, 2.05) is 0 Å². The van der Waals surface area contributed by atoms with Crippen LogP contribution in [0, 0.1) is 13.8 Å². The number of benzene rings is 1. The molecule has 6 nitrogen and oxygen atoms in total. The van der Waals surface area contributed by atoms with Crippen molar-refractivity contribution in [3.8, 4) is 11.5 Å². The van der Waals surface area contributed by atoms with Crippen molar-refractivity contribution < 1.29 is 24.2 Å². The van der Waals surface area contributed by atoms with Crippen LogP contribution in [0.5, 0.6) is 11.5 Å². The molecule has 6 heteroatoms. The minimum absolute atomic E-state index is 0.0255. The van der Waals surface area contributed by atoms with E-state index in [9.17, 15) is 15.0 Å². The van der Waals surface area contributed by atoms with Crippen molar-refractivity contribution in [2.45, 2.75) is 26.4 Å². The van der Waals surface area contributed by atoms with E-state index in [4.69, 9.17) is 9.15 Å². The van der Waals surface area contributed by atoms with Crippen LogP contribution in [0.4, 0.5) is 0 Å². The summed E-state index contributed by atoms with van der Waals surface area (Å²) in [5.74, 6) is 0.772. The number of amides is 1. The number of carbonyl (C=O) groups is 1. The molecule has 23 heavy (non-hydrogen) atoms. The summed E-state index contributed by atoms with van der Waals surface area (Å²) in [5.41, 5.74) is -0.586. The standard InChI is InChI=1S/C17H21NO5/c1-10-8-13(11(2)23-10)17(3,21)9-18-16(20)12-6-5-7-14(22-4)15(12)19/h5-8,19,21H,9H2,1-4H3,(H,18,20). The molecule has 1 amide bonds. The molecule has 0 bridgehead atoms. The summed E-state index contributed by atoms with van der Waals surface area (Å²) in [5, 5.41) is 23.2. The van der Waals surface area contributed by atoms with Gasteiger partial charge in [0.2, 0.25) is 0 Å². The molecule has 0 radical (unpaired) electrons. The van der Waals surface area contributed by atoms with Gasteiger partial charge in [-0.1, -0.05) is 6.07 Å². The summed E-state index contributed by atoms with van der Waals surface area (Å²) in [7, 11) is 1.41. The minimum atomic E-state index is -1.29. The average Bonchev–Trinajstić information content (AvgIpc) is 2.85. The summed E-state index contributed by atoms with van der Waals surface area (Å²) in [6.07, 6.45) is 0. The minimum Gasteiger partial charge on any atom is -0.504 e. The summed E-state index contributed by atoms with van der Waals surface area (Å²) < 4.78 is 10.4. The monoisotopic (exact) mass is 319 g/mol. The Kier molecular flexibility index (Phi) is 4.65. The number of ether oxygens (including phenoxy) is 1. The number of para-hydroxylation sites is 1. The van der Waals surface area contributed by atoms with E-state index in [2.05, 4.69) is 5.32 Å². The lowest BCUT2D eigenvalue weighted by Gasteiger charge is -2.23. The lowest BCUT2D eigenvalue weighted by molar-refractivity contribution is 0.0513. The van der Waals surface area contributed by atoms with Gasteiger partial charge in [0.05, 0.1) is 19.2 Å². The van der Waals surface area contributed by atoms with Crippen LogP contribution in [0.15, 0.2) is 28.7 Å². The summed E-state index contributed by atoms with van der Waals surface area (Å²) in [6, 6.07) is 6.38. The number of carbonyl (C=O) groups excluding carboxylic acids is 1. The Morgan fingerprint density at radius 2 is 2.09 bits per heavy atom. The van der Waals surface area contributed by atoms with E-state index in [1.165, 1.54) is 13.2 Å². The molecule has 0 aliphatic rings. The van der Waals surface area contributed by atoms with Crippen molar-refractivity contribution in [1.29, 1.82) is 0 Å². The Morgan fingerprint density at radius 1 is 1.39 bits per heavy atom. The Balaban J connectivity index is 2.14. The van der Waals surface area contributed by atoms with Crippen molar-refractivity contribution in [1.82, 2.24) is 5.32 Å². The third-order valence-corrected chi connectivity index (χ3v) is 3.68. The van der Waals surface area contributed by atoms with Crippen molar-refractivity contribution in [3.05, 3.63) is 46.9 Å². The highest BCUT2D eigenvalue weighted by molar-refractivity contribution is 5.97. The van der Waals surface area contributed by atoms with E-state index in [0.717, 1.165) is 0 Å². The van der Waals surface area contributed by atoms with Gasteiger partial charge in [-0.25, -0.2) is 0 Å². The molecule has 124 valence electrons. The van der Waals surface area contributed by atoms with Gasteiger partial charge >= 0.3 is 0 Å². The zero-order valence-electron chi connectivity index (χ0n) is 13.6. The van der Waals surface area contributed by atoms with Crippen molar-refractivity contribution in [2.24, 2.45) is 0 Å². The maximum Gasteiger partial charge on any atom is 0.255 e. The first-order chi connectivity index (χ1) is 10.8. The number of aromatic hydroxyl groups is 1. The molecule has 0 fully saturated rings. The Hall–Kier alpha value is -2.47. The van der Waals surface area contributed by atoms with Crippen LogP contribution in [0.25, 0.3) is 0 Å². The number of hydrogen-bond acceptors (Lipinski definition) is 5. The van der Waals surface area contributed by atoms with Crippen molar-refractivity contribution >= 4 is 5.91 Å². The molecule has 0 saturated carbocycles. The quantitative estimate of drug-likeness (QED) is 0.786. The zero-order valence-corrected chi connectivity index (χ0v) is 13.6. The predicted octanol–water partition coefficient (Wildman–Crippen LogP) is 2.25. The van der Waals surface area contributed by atoms with Gasteiger partial charge < -0.3 is 24.7 Å². The van der Waals surface area contributed by atoms with Gasteiger partial charge in [-0.3, -0.25) is 4.79 Å². The fourth-order valence-electron chi connectivity index (χ4n) is 2.48. The number of methoxy groups -OCH3 is 1. The number of aryl methyl sites for hydroxylation is 2. The number of phenolic OH excluding ortho intramolecular Hbond substituents is 1. The van der Waals surface area contributed by atoms with Crippen LogP contribution >= 0.6 is 0 Å². The molecule has 3 N–H and O–H groups in total. The highest BCUT2D eigenvalue weighted by atomic mass is 16.5. The van der Waals surface area contributed by atoms with Crippen LogP contribution in [0.3, 0.4) is 0 Å². The molecule has 1 atom stereocenters. The number of hydrogen-bond donors (Lipinski definition) is 3. The summed E-state index contributed by atoms with van der Waals surface area (Å²) >= 11 is 0. The SMILES string of the molecule is COc1cccc(C(=O)NCC(C)(O)c2cc(C)oc2C)c1O. The predicted molar refractivity (Wildman–Crippen MR) is 84.7 cm³/mol. The van der Waals surface area contributed by atoms with Crippen LogP contribution in [-0.4, -0.2) is 29.8 Å². The number of furan rings is 1. The van der Waals surface area contributed by atoms with E-state index >= 15 is 0 Å². The zero-order chi connectivity index (χ0) is 17.2. The fraction of sp³-hybridized carbons (Fsp3) is 0.353. The summed E-state index contributed by atoms with van der Waals surface area (Å²) in [4.78, 5) is 12.2. The van der Waals surface area contributed by atoms with Crippen molar-refractivity contribution in [2.75, 3.05) is 13.7 Å². The van der Waals surface area contributed by atoms with Crippen LogP contribution in [0.2, 0.25) is 0 Å². The highest BCUT2D eigenvalue weighted by Gasteiger charge is 2.28. The molecular weight excluding hydrogens is 298 g/mol. The first-order valence-electron chi connectivity index (χ1n) is 7.20. The van der Waals surface area contributed by atoms with Crippen LogP contribution < -0.4 is 10.1 Å². The molecule has 1 aromatic heterocycles. The molecule has 0 aliphatic heterocycles. The maximum absolute atomic E-state index is 12.2. The normalized spacial score (nSPS) is 13.4. The van der Waals surface area contributed by atoms with Gasteiger partial charge in [0.25, 0.3) is 5.91 Å². The number of phenols is 1. The topological polar surface area (TPSA) is 91.9 Å². The van der Waals surface area contributed by atoms with Gasteiger partial charge in [0.1, 0.15) is 17.1 Å². The maximum atomic E-state index is 12.2. The second-order valence-corrected chi connectivity index (χ2v) is 5.64. The average molecular weight is 319 g/mol. The van der Waals surface area contributed by atoms with Gasteiger partial charge in [-0.15, -0.1) is 0 Å². The highest BCUT2D eigenvalue weighted by Crippen LogP contribution is 2.30. The molecule has 0 spiro atoms. The Labute approximate surface area is 134 Å². The Morgan fingerprint density at radius 3 is 2.65 bits per heavy atom. The molecule has 2 aromatic rings. The fourth-order valence-corrected chi connectivity index (χ4v) is 2.48. The van der Waals surface area contributed by atoms with Crippen LogP contribution in [-0.2, 0) is 5.60 Å². The van der Waals surface area contributed by atoms with Gasteiger partial charge in [0, 0.05) is 5.56 Å². The third-order valence-electron chi connectivity index (χ3n) is 3.68. The Bertz CT molecular complexity index is 718.